The van der Waals surface area contributed by atoms with Crippen molar-refractivity contribution in [3.05, 3.63) is 0 Å². The van der Waals surface area contributed by atoms with Crippen molar-refractivity contribution < 1.29 is 26.3 Å². The summed E-state index contributed by atoms with van der Waals surface area (Å²) in [4.78, 5) is 5.44. The number of hydrogen-bond donors (Lipinski definition) is 3. The fraction of sp³-hybridized carbons (Fsp3) is 1.00. The number of likely N-dealkylation sites (N-methyl/N-ethyl adjacent to an activating group) is 3. The summed E-state index contributed by atoms with van der Waals surface area (Å²) in [6, 6.07) is -1.19. The lowest BCUT2D eigenvalue weighted by Crippen LogP contribution is -2.72. The number of nitrogens with zero attached hydrogens (tertiary/aromatic N) is 3. The number of halogens is 3. The topological polar surface area (TPSA) is 133 Å². The van der Waals surface area contributed by atoms with Crippen LogP contribution in [0.15, 0.2) is 0 Å². The van der Waals surface area contributed by atoms with E-state index in [1.54, 1.807) is 0 Å². The van der Waals surface area contributed by atoms with Crippen molar-refractivity contribution in [1.82, 2.24) is 14.7 Å². The van der Waals surface area contributed by atoms with Gasteiger partial charge >= 0.3 is 0 Å². The Balaban J connectivity index is -0.000000216. The van der Waals surface area contributed by atoms with E-state index in [4.69, 9.17) is 0 Å². The van der Waals surface area contributed by atoms with Gasteiger partial charge in [0.2, 0.25) is 0 Å². The van der Waals surface area contributed by atoms with E-state index in [0.717, 1.165) is 0 Å². The third-order valence-corrected chi connectivity index (χ3v) is 3.89. The molecule has 0 spiro atoms. The highest BCUT2D eigenvalue weighted by molar-refractivity contribution is 5.86. The van der Waals surface area contributed by atoms with E-state index in [9.17, 15) is 15.3 Å². The SMILES string of the molecule is CN(C)C1C(O)C(N(C)C)C(O)C(N(C)C)C1O.Cl.Cl.Cl.O.O. The van der Waals surface area contributed by atoms with Gasteiger partial charge in [-0.3, -0.25) is 0 Å². The van der Waals surface area contributed by atoms with Gasteiger partial charge in [-0.2, -0.15) is 0 Å². The first-order chi connectivity index (χ1) is 8.20. The molecule has 1 aliphatic rings. The van der Waals surface area contributed by atoms with Crippen LogP contribution in [0, 0.1) is 0 Å². The van der Waals surface area contributed by atoms with Gasteiger partial charge in [0.25, 0.3) is 0 Å². The molecule has 0 heterocycles. The van der Waals surface area contributed by atoms with Gasteiger partial charge in [-0.1, -0.05) is 0 Å². The summed E-state index contributed by atoms with van der Waals surface area (Å²) in [7, 11) is 11.0. The summed E-state index contributed by atoms with van der Waals surface area (Å²) in [5.41, 5.74) is 0. The molecule has 1 saturated carbocycles. The Morgan fingerprint density at radius 2 is 0.609 bits per heavy atom. The molecule has 0 amide bonds. The Kier molecular flexibility index (Phi) is 20.9. The number of hydrogen-bond acceptors (Lipinski definition) is 6. The maximum absolute atomic E-state index is 10.4. The van der Waals surface area contributed by atoms with Gasteiger partial charge < -0.3 is 41.0 Å². The summed E-state index contributed by atoms with van der Waals surface area (Å²) >= 11 is 0. The molecule has 0 bridgehead atoms. The number of aliphatic hydroxyl groups is 3. The van der Waals surface area contributed by atoms with E-state index in [1.807, 2.05) is 57.0 Å². The summed E-state index contributed by atoms with van der Waals surface area (Å²) < 4.78 is 0. The monoisotopic (exact) mass is 405 g/mol. The molecule has 1 aliphatic carbocycles. The van der Waals surface area contributed by atoms with E-state index in [0.29, 0.717) is 0 Å². The normalized spacial score (nSPS) is 32.9. The van der Waals surface area contributed by atoms with Crippen LogP contribution in [0.5, 0.6) is 0 Å². The minimum Gasteiger partial charge on any atom is -0.412 e. The first-order valence-corrected chi connectivity index (χ1v) is 6.23. The van der Waals surface area contributed by atoms with E-state index in [-0.39, 0.29) is 48.2 Å². The lowest BCUT2D eigenvalue weighted by molar-refractivity contribution is -0.160. The van der Waals surface area contributed by atoms with E-state index < -0.39 is 36.4 Å². The highest BCUT2D eigenvalue weighted by Gasteiger charge is 2.51. The van der Waals surface area contributed by atoms with Crippen LogP contribution >= 0.6 is 37.2 Å². The zero-order valence-corrected chi connectivity index (χ0v) is 16.8. The smallest absolute Gasteiger partial charge is 0.0901 e. The molecular weight excluding hydrogens is 373 g/mol. The summed E-state index contributed by atoms with van der Waals surface area (Å²) in [5.74, 6) is 0. The van der Waals surface area contributed by atoms with Crippen LogP contribution in [-0.2, 0) is 0 Å². The van der Waals surface area contributed by atoms with Crippen molar-refractivity contribution in [3.8, 4) is 0 Å². The van der Waals surface area contributed by atoms with Gasteiger partial charge in [0.1, 0.15) is 0 Å². The second kappa shape index (κ2) is 13.8. The van der Waals surface area contributed by atoms with Crippen LogP contribution in [0.4, 0.5) is 0 Å². The third kappa shape index (κ3) is 7.13. The molecule has 0 saturated heterocycles. The van der Waals surface area contributed by atoms with Gasteiger partial charge in [0, 0.05) is 0 Å². The van der Waals surface area contributed by atoms with Gasteiger partial charge in [-0.05, 0) is 42.3 Å². The van der Waals surface area contributed by atoms with Crippen LogP contribution < -0.4 is 0 Å². The van der Waals surface area contributed by atoms with Crippen LogP contribution in [0.25, 0.3) is 0 Å². The maximum atomic E-state index is 10.4. The first-order valence-electron chi connectivity index (χ1n) is 6.23. The second-order valence-corrected chi connectivity index (χ2v) is 5.83. The summed E-state index contributed by atoms with van der Waals surface area (Å²) in [6.07, 6.45) is -2.39. The minimum absolute atomic E-state index is 0. The van der Waals surface area contributed by atoms with Gasteiger partial charge in [0.05, 0.1) is 36.4 Å². The molecule has 1 rings (SSSR count). The van der Waals surface area contributed by atoms with Gasteiger partial charge in [-0.25, -0.2) is 0 Å². The molecule has 23 heavy (non-hydrogen) atoms. The molecule has 0 aromatic carbocycles. The van der Waals surface area contributed by atoms with Crippen molar-refractivity contribution >= 4 is 37.2 Å². The maximum Gasteiger partial charge on any atom is 0.0901 e. The zero-order chi connectivity index (χ0) is 14.2. The molecule has 148 valence electrons. The lowest BCUT2D eigenvalue weighted by Gasteiger charge is -2.51. The fourth-order valence-corrected chi connectivity index (χ4v) is 3.04. The summed E-state index contributed by atoms with van der Waals surface area (Å²) in [5, 5.41) is 31.2. The Bertz CT molecular complexity index is 236. The molecule has 0 radical (unpaired) electrons. The third-order valence-electron chi connectivity index (χ3n) is 3.89. The molecular formula is C12H34Cl3N3O5. The van der Waals surface area contributed by atoms with Crippen LogP contribution in [0.1, 0.15) is 0 Å². The summed E-state index contributed by atoms with van der Waals surface area (Å²) in [6.45, 7) is 0. The average Bonchev–Trinajstić information content (AvgIpc) is 2.14. The Morgan fingerprint density at radius 3 is 0.696 bits per heavy atom. The van der Waals surface area contributed by atoms with Crippen molar-refractivity contribution in [2.45, 2.75) is 36.4 Å². The quantitative estimate of drug-likeness (QED) is 0.474. The van der Waals surface area contributed by atoms with Crippen molar-refractivity contribution in [2.75, 3.05) is 42.3 Å². The molecule has 7 N–H and O–H groups in total. The average molecular weight is 407 g/mol. The van der Waals surface area contributed by atoms with Gasteiger partial charge in [0.15, 0.2) is 0 Å². The lowest BCUT2D eigenvalue weighted by atomic mass is 9.78. The van der Waals surface area contributed by atoms with Crippen molar-refractivity contribution in [1.29, 1.82) is 0 Å². The first kappa shape index (κ1) is 34.8. The highest BCUT2D eigenvalue weighted by atomic mass is 35.5. The molecule has 0 unspecified atom stereocenters. The van der Waals surface area contributed by atoms with E-state index in [2.05, 4.69) is 0 Å². The van der Waals surface area contributed by atoms with Crippen LogP contribution in [0.3, 0.4) is 0 Å². The molecule has 8 nitrogen and oxygen atoms in total. The highest BCUT2D eigenvalue weighted by Crippen LogP contribution is 2.28. The van der Waals surface area contributed by atoms with Crippen LogP contribution in [0.2, 0.25) is 0 Å². The number of aliphatic hydroxyl groups excluding tert-OH is 3. The Hall–Kier alpha value is 0.550. The zero-order valence-electron chi connectivity index (χ0n) is 14.4. The van der Waals surface area contributed by atoms with Crippen molar-refractivity contribution in [3.63, 3.8) is 0 Å². The number of rotatable bonds is 3. The molecule has 11 heteroatoms. The van der Waals surface area contributed by atoms with E-state index in [1.165, 1.54) is 0 Å². The minimum atomic E-state index is -0.795. The van der Waals surface area contributed by atoms with Gasteiger partial charge in [-0.15, -0.1) is 37.2 Å². The van der Waals surface area contributed by atoms with Crippen LogP contribution in [-0.4, -0.2) is 120 Å². The predicted octanol–water partition coefficient (Wildman–Crippen LogP) is -2.51. The van der Waals surface area contributed by atoms with E-state index >= 15 is 0 Å². The molecule has 0 aliphatic heterocycles. The predicted molar refractivity (Wildman–Crippen MR) is 99.4 cm³/mol. The molecule has 0 aromatic heterocycles. The Morgan fingerprint density at radius 1 is 0.478 bits per heavy atom. The molecule has 0 atom stereocenters. The molecule has 1 fully saturated rings. The molecule has 0 aromatic rings. The fourth-order valence-electron chi connectivity index (χ4n) is 3.04. The Labute approximate surface area is 157 Å². The standard InChI is InChI=1S/C12H27N3O3.3ClH.2H2O/c1-13(2)7-10(16)8(14(3)4)12(18)9(11(7)17)15(5)6;;;;;/h7-12,16-18H,1-6H3;3*1H;2*1H2. The second-order valence-electron chi connectivity index (χ2n) is 5.83. The van der Waals surface area contributed by atoms with Crippen molar-refractivity contribution in [2.24, 2.45) is 0 Å². The largest absolute Gasteiger partial charge is 0.412 e.